The van der Waals surface area contributed by atoms with Crippen molar-refractivity contribution in [1.29, 1.82) is 0 Å². The number of para-hydroxylation sites is 1. The van der Waals surface area contributed by atoms with E-state index in [1.54, 1.807) is 17.0 Å². The first kappa shape index (κ1) is 12.1. The summed E-state index contributed by atoms with van der Waals surface area (Å²) in [6.45, 7) is 0. The monoisotopic (exact) mass is 276 g/mol. The maximum atomic E-state index is 12.4. The summed E-state index contributed by atoms with van der Waals surface area (Å²) in [6, 6.07) is 7.98. The maximum absolute atomic E-state index is 12.4. The summed E-state index contributed by atoms with van der Waals surface area (Å²) in [7, 11) is 0. The Morgan fingerprint density at radius 3 is 2.58 bits per heavy atom. The lowest BCUT2D eigenvalue weighted by Crippen LogP contribution is -2.42. The standard InChI is InChI=1S/C13H12N2O3S/c16-11-9-6-7-10(12(17)18)15(9)13(19)14(11)8-4-2-1-3-5-8/h1-5,9-10H,6-7H2,(H,17,18)/t9-,10+/m0/s1. The number of thiocarbonyl (C=S) groups is 1. The van der Waals surface area contributed by atoms with Crippen LogP contribution in [0.4, 0.5) is 5.69 Å². The summed E-state index contributed by atoms with van der Waals surface area (Å²) >= 11 is 5.30. The van der Waals surface area contributed by atoms with E-state index in [0.717, 1.165) is 0 Å². The van der Waals surface area contributed by atoms with Gasteiger partial charge in [-0.25, -0.2) is 4.79 Å². The lowest BCUT2D eigenvalue weighted by atomic mass is 10.1. The van der Waals surface area contributed by atoms with Crippen LogP contribution in [0.3, 0.4) is 0 Å². The van der Waals surface area contributed by atoms with Gasteiger partial charge in [-0.1, -0.05) is 18.2 Å². The van der Waals surface area contributed by atoms with Gasteiger partial charge < -0.3 is 10.0 Å². The highest BCUT2D eigenvalue weighted by molar-refractivity contribution is 7.80. The molecule has 19 heavy (non-hydrogen) atoms. The molecule has 1 aromatic carbocycles. The largest absolute Gasteiger partial charge is 0.480 e. The molecule has 0 unspecified atom stereocenters. The van der Waals surface area contributed by atoms with Gasteiger partial charge in [-0.05, 0) is 37.2 Å². The van der Waals surface area contributed by atoms with Crippen LogP contribution in [-0.4, -0.2) is 39.1 Å². The second-order valence-electron chi connectivity index (χ2n) is 4.65. The fourth-order valence-electron chi connectivity index (χ4n) is 2.74. The zero-order chi connectivity index (χ0) is 13.6. The second-order valence-corrected chi connectivity index (χ2v) is 5.01. The number of carbonyl (C=O) groups is 2. The molecule has 0 aromatic heterocycles. The third-order valence-corrected chi connectivity index (χ3v) is 4.00. The average molecular weight is 276 g/mol. The number of anilines is 1. The first-order chi connectivity index (χ1) is 9.11. The topological polar surface area (TPSA) is 60.9 Å². The van der Waals surface area contributed by atoms with Gasteiger partial charge in [0.05, 0.1) is 5.69 Å². The van der Waals surface area contributed by atoms with Gasteiger partial charge in [0.25, 0.3) is 5.91 Å². The highest BCUT2D eigenvalue weighted by atomic mass is 32.1. The number of carboxylic acid groups (broad SMARTS) is 1. The number of rotatable bonds is 2. The maximum Gasteiger partial charge on any atom is 0.326 e. The Morgan fingerprint density at radius 2 is 1.95 bits per heavy atom. The van der Waals surface area contributed by atoms with E-state index >= 15 is 0 Å². The molecule has 1 N–H and O–H groups in total. The van der Waals surface area contributed by atoms with Gasteiger partial charge in [0, 0.05) is 0 Å². The van der Waals surface area contributed by atoms with Crippen LogP contribution >= 0.6 is 12.2 Å². The Kier molecular flexibility index (Phi) is 2.74. The molecule has 3 rings (SSSR count). The summed E-state index contributed by atoms with van der Waals surface area (Å²) in [4.78, 5) is 26.6. The molecule has 0 bridgehead atoms. The first-order valence-corrected chi connectivity index (χ1v) is 6.46. The number of amides is 1. The molecule has 2 saturated heterocycles. The molecule has 1 aromatic rings. The second kappa shape index (κ2) is 4.31. The minimum Gasteiger partial charge on any atom is -0.480 e. The van der Waals surface area contributed by atoms with Crippen LogP contribution in [0.15, 0.2) is 30.3 Å². The predicted octanol–water partition coefficient (Wildman–Crippen LogP) is 1.24. The van der Waals surface area contributed by atoms with E-state index in [2.05, 4.69) is 0 Å². The summed E-state index contributed by atoms with van der Waals surface area (Å²) in [5.74, 6) is -1.05. The third kappa shape index (κ3) is 1.71. The molecule has 0 aliphatic carbocycles. The van der Waals surface area contributed by atoms with Gasteiger partial charge in [-0.3, -0.25) is 9.69 Å². The van der Waals surface area contributed by atoms with Crippen molar-refractivity contribution in [2.45, 2.75) is 24.9 Å². The lowest BCUT2D eigenvalue weighted by molar-refractivity contribution is -0.141. The SMILES string of the molecule is O=C(O)[C@H]1CC[C@H]2C(=O)N(c3ccccc3)C(=S)N12. The van der Waals surface area contributed by atoms with Gasteiger partial charge in [-0.15, -0.1) is 0 Å². The number of hydrogen-bond acceptors (Lipinski definition) is 3. The normalized spacial score (nSPS) is 25.9. The number of carboxylic acids is 1. The van der Waals surface area contributed by atoms with Crippen molar-refractivity contribution >= 4 is 34.9 Å². The van der Waals surface area contributed by atoms with Crippen molar-refractivity contribution in [3.63, 3.8) is 0 Å². The van der Waals surface area contributed by atoms with Crippen molar-refractivity contribution in [2.24, 2.45) is 0 Å². The van der Waals surface area contributed by atoms with E-state index in [9.17, 15) is 14.7 Å². The van der Waals surface area contributed by atoms with Gasteiger partial charge in [0.1, 0.15) is 12.1 Å². The molecule has 2 atom stereocenters. The van der Waals surface area contributed by atoms with Crippen molar-refractivity contribution in [1.82, 2.24) is 4.90 Å². The smallest absolute Gasteiger partial charge is 0.326 e. The first-order valence-electron chi connectivity index (χ1n) is 6.05. The fraction of sp³-hybridized carbons (Fsp3) is 0.308. The van der Waals surface area contributed by atoms with Crippen LogP contribution in [0.25, 0.3) is 0 Å². The Balaban J connectivity index is 1.97. The Hall–Kier alpha value is -1.95. The van der Waals surface area contributed by atoms with E-state index in [-0.39, 0.29) is 5.91 Å². The van der Waals surface area contributed by atoms with Crippen LogP contribution < -0.4 is 4.90 Å². The van der Waals surface area contributed by atoms with Gasteiger partial charge in [0.15, 0.2) is 5.11 Å². The molecule has 2 aliphatic heterocycles. The number of carbonyl (C=O) groups excluding carboxylic acids is 1. The number of hydrogen-bond donors (Lipinski definition) is 1. The van der Waals surface area contributed by atoms with Crippen LogP contribution in [-0.2, 0) is 9.59 Å². The van der Waals surface area contributed by atoms with Crippen LogP contribution in [0, 0.1) is 0 Å². The van der Waals surface area contributed by atoms with E-state index in [4.69, 9.17) is 12.2 Å². The molecule has 0 spiro atoms. The van der Waals surface area contributed by atoms with Gasteiger partial charge in [-0.2, -0.15) is 0 Å². The summed E-state index contributed by atoms with van der Waals surface area (Å²) in [6.07, 6.45) is 1.01. The molecule has 6 heteroatoms. The molecule has 98 valence electrons. The number of benzene rings is 1. The molecule has 2 aliphatic rings. The van der Waals surface area contributed by atoms with Crippen molar-refractivity contribution in [3.8, 4) is 0 Å². The molecule has 0 radical (unpaired) electrons. The Labute approximate surface area is 115 Å². The van der Waals surface area contributed by atoms with E-state index in [0.29, 0.717) is 23.6 Å². The van der Waals surface area contributed by atoms with Gasteiger partial charge in [0.2, 0.25) is 0 Å². The lowest BCUT2D eigenvalue weighted by Gasteiger charge is -2.23. The molecular weight excluding hydrogens is 264 g/mol. The average Bonchev–Trinajstić information content (AvgIpc) is 2.93. The minimum atomic E-state index is -0.924. The molecule has 5 nitrogen and oxygen atoms in total. The van der Waals surface area contributed by atoms with Crippen molar-refractivity contribution in [2.75, 3.05) is 4.90 Å². The molecular formula is C13H12N2O3S. The highest BCUT2D eigenvalue weighted by Gasteiger charge is 2.51. The fourth-order valence-corrected chi connectivity index (χ4v) is 3.19. The number of aliphatic carboxylic acids is 1. The molecule has 2 fully saturated rings. The Bertz CT molecular complexity index is 560. The van der Waals surface area contributed by atoms with E-state index in [1.165, 1.54) is 4.90 Å². The van der Waals surface area contributed by atoms with Crippen LogP contribution in [0.5, 0.6) is 0 Å². The molecule has 1 amide bonds. The summed E-state index contributed by atoms with van der Waals surface area (Å²) < 4.78 is 0. The zero-order valence-corrected chi connectivity index (χ0v) is 10.8. The predicted molar refractivity (Wildman–Crippen MR) is 72.8 cm³/mol. The van der Waals surface area contributed by atoms with Crippen LogP contribution in [0.1, 0.15) is 12.8 Å². The van der Waals surface area contributed by atoms with Crippen LogP contribution in [0.2, 0.25) is 0 Å². The quantitative estimate of drug-likeness (QED) is 0.823. The van der Waals surface area contributed by atoms with Gasteiger partial charge >= 0.3 is 5.97 Å². The van der Waals surface area contributed by atoms with Crippen molar-refractivity contribution < 1.29 is 14.7 Å². The van der Waals surface area contributed by atoms with E-state index in [1.807, 2.05) is 18.2 Å². The number of nitrogens with zero attached hydrogens (tertiary/aromatic N) is 2. The highest BCUT2D eigenvalue weighted by Crippen LogP contribution is 2.35. The van der Waals surface area contributed by atoms with E-state index < -0.39 is 18.1 Å². The van der Waals surface area contributed by atoms with Crippen molar-refractivity contribution in [3.05, 3.63) is 30.3 Å². The third-order valence-electron chi connectivity index (χ3n) is 3.60. The molecule has 0 saturated carbocycles. The zero-order valence-electron chi connectivity index (χ0n) is 10.0. The molecule has 2 heterocycles. The minimum absolute atomic E-state index is 0.125. The number of fused-ring (bicyclic) bond motifs is 1. The Morgan fingerprint density at radius 1 is 1.26 bits per heavy atom. The summed E-state index contributed by atoms with van der Waals surface area (Å²) in [5.41, 5.74) is 0.691. The summed E-state index contributed by atoms with van der Waals surface area (Å²) in [5, 5.41) is 9.49.